The maximum absolute atomic E-state index is 4.64. The first-order valence-corrected chi connectivity index (χ1v) is 10.1. The van der Waals surface area contributed by atoms with Crippen molar-refractivity contribution < 1.29 is 0 Å². The van der Waals surface area contributed by atoms with Gasteiger partial charge in [0.1, 0.15) is 0 Å². The lowest BCUT2D eigenvalue weighted by Crippen LogP contribution is -2.19. The van der Waals surface area contributed by atoms with Crippen LogP contribution < -0.4 is 4.90 Å². The van der Waals surface area contributed by atoms with Crippen molar-refractivity contribution in [2.45, 2.75) is 49.0 Å². The van der Waals surface area contributed by atoms with Crippen LogP contribution in [0.5, 0.6) is 0 Å². The van der Waals surface area contributed by atoms with Gasteiger partial charge in [-0.25, -0.2) is 0 Å². The fraction of sp³-hybridized carbons (Fsp3) is 0.308. The molecule has 0 bridgehead atoms. The van der Waals surface area contributed by atoms with E-state index < -0.39 is 0 Å². The molecule has 0 N–H and O–H groups in total. The predicted molar refractivity (Wildman–Crippen MR) is 134 cm³/mol. The van der Waals surface area contributed by atoms with E-state index in [1.165, 1.54) is 12.0 Å². The van der Waals surface area contributed by atoms with Crippen LogP contribution in [-0.2, 0) is 0 Å². The maximum atomic E-state index is 4.64. The number of benzene rings is 1. The Morgan fingerprint density at radius 1 is 0.929 bits per heavy atom. The molecule has 0 aromatic heterocycles. The van der Waals surface area contributed by atoms with E-state index in [0.717, 1.165) is 17.1 Å². The SMILES string of the molecule is C.C=C/C=C\C=C(/C)N(C(/C=C\C(C)=C/C)=C/C)c1ccccc1.CC.CCl. The average Bonchev–Trinajstić information content (AvgIpc) is 2.74. The molecule has 0 heterocycles. The van der Waals surface area contributed by atoms with Crippen LogP contribution >= 0.6 is 11.6 Å². The van der Waals surface area contributed by atoms with E-state index in [1.807, 2.05) is 32.1 Å². The molecular formula is C26H40ClN. The van der Waals surface area contributed by atoms with Gasteiger partial charge in [0.2, 0.25) is 0 Å². The van der Waals surface area contributed by atoms with Crippen molar-refractivity contribution in [3.63, 3.8) is 0 Å². The summed E-state index contributed by atoms with van der Waals surface area (Å²) in [4.78, 5) is 2.24. The molecule has 0 saturated carbocycles. The molecule has 0 spiro atoms. The Kier molecular flexibility index (Phi) is 22.9. The van der Waals surface area contributed by atoms with Crippen molar-refractivity contribution >= 4 is 17.3 Å². The molecule has 0 unspecified atom stereocenters. The highest BCUT2D eigenvalue weighted by Gasteiger charge is 2.10. The van der Waals surface area contributed by atoms with Gasteiger partial charge in [-0.1, -0.05) is 88.1 Å². The quantitative estimate of drug-likeness (QED) is 0.325. The van der Waals surface area contributed by atoms with E-state index in [2.05, 4.69) is 105 Å². The first-order valence-electron chi connectivity index (χ1n) is 9.30. The molecular weight excluding hydrogens is 362 g/mol. The molecule has 28 heavy (non-hydrogen) atoms. The lowest BCUT2D eigenvalue weighted by Gasteiger charge is -2.26. The number of rotatable bonds is 7. The van der Waals surface area contributed by atoms with Gasteiger partial charge in [-0.2, -0.15) is 0 Å². The zero-order chi connectivity index (χ0) is 21.1. The Bertz CT molecular complexity index is 646. The van der Waals surface area contributed by atoms with E-state index in [-0.39, 0.29) is 7.43 Å². The number of hydrogen-bond donors (Lipinski definition) is 0. The molecule has 2 heteroatoms. The molecule has 0 aliphatic carbocycles. The van der Waals surface area contributed by atoms with E-state index >= 15 is 0 Å². The number of nitrogens with zero attached hydrogens (tertiary/aromatic N) is 1. The van der Waals surface area contributed by atoms with Crippen LogP contribution in [0.25, 0.3) is 0 Å². The Hall–Kier alpha value is -2.25. The molecule has 1 nitrogen and oxygen atoms in total. The largest absolute Gasteiger partial charge is 0.315 e. The summed E-state index contributed by atoms with van der Waals surface area (Å²) in [5.41, 5.74) is 4.66. The monoisotopic (exact) mass is 401 g/mol. The summed E-state index contributed by atoms with van der Waals surface area (Å²) in [5, 5.41) is 0. The van der Waals surface area contributed by atoms with E-state index in [0.29, 0.717) is 0 Å². The third-order valence-electron chi connectivity index (χ3n) is 3.48. The normalized spacial score (nSPS) is 11.8. The topological polar surface area (TPSA) is 3.24 Å². The van der Waals surface area contributed by atoms with Crippen molar-refractivity contribution in [2.75, 3.05) is 11.3 Å². The van der Waals surface area contributed by atoms with Crippen molar-refractivity contribution in [1.82, 2.24) is 0 Å². The van der Waals surface area contributed by atoms with Gasteiger partial charge >= 0.3 is 0 Å². The van der Waals surface area contributed by atoms with Crippen molar-refractivity contribution in [1.29, 1.82) is 0 Å². The van der Waals surface area contributed by atoms with Gasteiger partial charge in [-0.3, -0.25) is 0 Å². The number of para-hydroxylation sites is 1. The summed E-state index contributed by atoms with van der Waals surface area (Å²) >= 11 is 4.64. The second-order valence-corrected chi connectivity index (χ2v) is 5.18. The number of allylic oxidation sites excluding steroid dienone is 10. The third-order valence-corrected chi connectivity index (χ3v) is 3.48. The lowest BCUT2D eigenvalue weighted by molar-refractivity contribution is 1.09. The number of alkyl halides is 1. The van der Waals surface area contributed by atoms with Crippen LogP contribution in [0.2, 0.25) is 0 Å². The summed E-state index contributed by atoms with van der Waals surface area (Å²) in [5.74, 6) is 0. The van der Waals surface area contributed by atoms with Gasteiger partial charge in [-0.05, 0) is 52.0 Å². The molecule has 0 amide bonds. The molecule has 0 saturated heterocycles. The Morgan fingerprint density at radius 3 is 1.96 bits per heavy atom. The van der Waals surface area contributed by atoms with E-state index in [1.54, 1.807) is 6.08 Å². The first kappa shape index (κ1) is 30.5. The summed E-state index contributed by atoms with van der Waals surface area (Å²) in [6.07, 6.45) is 17.8. The van der Waals surface area contributed by atoms with Gasteiger partial charge < -0.3 is 4.90 Å². The number of hydrogen-bond acceptors (Lipinski definition) is 1. The van der Waals surface area contributed by atoms with Crippen molar-refractivity contribution in [3.8, 4) is 0 Å². The standard InChI is InChI=1S/C22H27N.C2H6.CH3Cl.CH4/c1-6-9-11-14-20(5)23(22-15-12-10-13-16-22)21(8-3)18-17-19(4)7-2;2*1-2;/h6-18H,1H2,2-5H3;1-2H3;1H3;1H4/b11-9-,18-17-,19-7-,20-14+,21-8+;;;. The molecule has 1 aromatic rings. The minimum atomic E-state index is 0. The third kappa shape index (κ3) is 12.2. The highest BCUT2D eigenvalue weighted by atomic mass is 35.5. The Morgan fingerprint density at radius 2 is 1.50 bits per heavy atom. The van der Waals surface area contributed by atoms with Crippen LogP contribution in [0.1, 0.15) is 49.0 Å². The van der Waals surface area contributed by atoms with Gasteiger partial charge in [0.05, 0.1) is 0 Å². The van der Waals surface area contributed by atoms with Crippen LogP contribution in [0.3, 0.4) is 0 Å². The minimum absolute atomic E-state index is 0. The van der Waals surface area contributed by atoms with Crippen LogP contribution in [0.15, 0.2) is 102 Å². The van der Waals surface area contributed by atoms with Crippen LogP contribution in [-0.4, -0.2) is 6.38 Å². The van der Waals surface area contributed by atoms with E-state index in [4.69, 9.17) is 0 Å². The minimum Gasteiger partial charge on any atom is -0.315 e. The second kappa shape index (κ2) is 21.1. The summed E-state index contributed by atoms with van der Waals surface area (Å²) in [6.45, 7) is 16.0. The van der Waals surface area contributed by atoms with Crippen LogP contribution in [0, 0.1) is 0 Å². The van der Waals surface area contributed by atoms with Gasteiger partial charge in [0.25, 0.3) is 0 Å². The summed E-state index contributed by atoms with van der Waals surface area (Å²) in [7, 11) is 0. The molecule has 0 fully saturated rings. The van der Waals surface area contributed by atoms with Gasteiger partial charge in [-0.15, -0.1) is 11.6 Å². The molecule has 0 radical (unpaired) electrons. The summed E-state index contributed by atoms with van der Waals surface area (Å²) in [6, 6.07) is 10.4. The van der Waals surface area contributed by atoms with Gasteiger partial charge in [0, 0.05) is 23.5 Å². The fourth-order valence-electron chi connectivity index (χ4n) is 2.09. The molecule has 1 aromatic carbocycles. The molecule has 0 atom stereocenters. The van der Waals surface area contributed by atoms with Crippen LogP contribution in [0.4, 0.5) is 5.69 Å². The first-order chi connectivity index (χ1) is 13.1. The molecule has 1 rings (SSSR count). The number of anilines is 1. The fourth-order valence-corrected chi connectivity index (χ4v) is 2.09. The number of halogens is 1. The smallest absolute Gasteiger partial charge is 0.0458 e. The highest BCUT2D eigenvalue weighted by molar-refractivity contribution is 6.15. The zero-order valence-electron chi connectivity index (χ0n) is 18.0. The second-order valence-electron chi connectivity index (χ2n) is 5.18. The van der Waals surface area contributed by atoms with Crippen molar-refractivity contribution in [2.24, 2.45) is 0 Å². The Balaban J connectivity index is -0.00000117. The highest BCUT2D eigenvalue weighted by Crippen LogP contribution is 2.25. The lowest BCUT2D eigenvalue weighted by atomic mass is 10.2. The summed E-state index contributed by atoms with van der Waals surface area (Å²) < 4.78 is 0. The molecule has 156 valence electrons. The zero-order valence-corrected chi connectivity index (χ0v) is 18.8. The average molecular weight is 402 g/mol. The maximum Gasteiger partial charge on any atom is 0.0458 e. The Labute approximate surface area is 180 Å². The molecule has 0 aliphatic heterocycles. The molecule has 0 aliphatic rings. The van der Waals surface area contributed by atoms with E-state index in [9.17, 15) is 0 Å². The van der Waals surface area contributed by atoms with Gasteiger partial charge in [0.15, 0.2) is 0 Å². The predicted octanol–water partition coefficient (Wildman–Crippen LogP) is 9.08. The van der Waals surface area contributed by atoms with Crippen molar-refractivity contribution in [3.05, 3.63) is 102 Å².